The van der Waals surface area contributed by atoms with E-state index < -0.39 is 52.5 Å². The number of hydrazine groups is 1. The van der Waals surface area contributed by atoms with Gasteiger partial charge in [-0.05, 0) is 36.5 Å². The second kappa shape index (κ2) is 9.46. The number of hydrogen-bond donors (Lipinski definition) is 0. The Hall–Kier alpha value is -2.44. The third-order valence-corrected chi connectivity index (χ3v) is 11.0. The van der Waals surface area contributed by atoms with Crippen molar-refractivity contribution in [1.82, 2.24) is 10.0 Å². The van der Waals surface area contributed by atoms with Crippen molar-refractivity contribution in [2.45, 2.75) is 16.1 Å². The monoisotopic (exact) mass is 681 g/mol. The van der Waals surface area contributed by atoms with E-state index >= 15 is 0 Å². The van der Waals surface area contributed by atoms with Crippen molar-refractivity contribution in [1.29, 1.82) is 0 Å². The number of alkyl halides is 2. The van der Waals surface area contributed by atoms with Crippen LogP contribution in [-0.2, 0) is 9.59 Å². The number of halogens is 3. The molecule has 1 saturated heterocycles. The van der Waals surface area contributed by atoms with Gasteiger partial charge in [0.1, 0.15) is 12.1 Å². The Morgan fingerprint density at radius 1 is 0.972 bits per heavy atom. The van der Waals surface area contributed by atoms with Gasteiger partial charge < -0.3 is 0 Å². The molecule has 0 N–H and O–H groups in total. The normalized spacial score (nSPS) is 28.4. The van der Waals surface area contributed by atoms with Crippen LogP contribution in [0.5, 0.6) is 0 Å². The molecule has 36 heavy (non-hydrogen) atoms. The molecule has 0 radical (unpaired) electrons. The highest BCUT2D eigenvalue weighted by Gasteiger charge is 2.67. The van der Waals surface area contributed by atoms with E-state index in [-0.39, 0.29) is 32.6 Å². The summed E-state index contributed by atoms with van der Waals surface area (Å²) in [6.45, 7) is -0.631. The van der Waals surface area contributed by atoms with Gasteiger partial charge in [-0.1, -0.05) is 72.1 Å². The zero-order valence-corrected chi connectivity index (χ0v) is 23.2. The molecule has 2 saturated carbocycles. The first-order valence-corrected chi connectivity index (χ1v) is 13.7. The van der Waals surface area contributed by atoms with Gasteiger partial charge in [-0.15, -0.1) is 0 Å². The Balaban J connectivity index is 1.55. The van der Waals surface area contributed by atoms with E-state index in [2.05, 4.69) is 47.8 Å². The molecule has 186 valence electrons. The third-order valence-electron chi connectivity index (χ3n) is 7.23. The van der Waals surface area contributed by atoms with Crippen molar-refractivity contribution in [2.24, 2.45) is 23.7 Å². The van der Waals surface area contributed by atoms with E-state index in [1.165, 1.54) is 18.2 Å². The van der Waals surface area contributed by atoms with Crippen LogP contribution >= 0.6 is 47.8 Å². The fraction of sp³-hybridized carbons (Fsp3) is 0.333. The van der Waals surface area contributed by atoms with Gasteiger partial charge in [-0.3, -0.25) is 29.3 Å². The number of hydrogen-bond acceptors (Lipinski definition) is 6. The molecular formula is C24H18Br3N3O6. The summed E-state index contributed by atoms with van der Waals surface area (Å²) in [5.41, 5.74) is -0.536. The van der Waals surface area contributed by atoms with E-state index in [0.717, 1.165) is 20.6 Å². The SMILES string of the molecule is O=C(CN(C(=O)c1ccccc1[N+](=O)[O-])N1C(=O)[C@@H]2[C@H]3C[C@@H]([C@@H](Br)[C@H]3Br)[C@H]2C1=O)c1ccc(Br)cc1. The van der Waals surface area contributed by atoms with Crippen LogP contribution in [0.15, 0.2) is 53.0 Å². The molecule has 5 rings (SSSR count). The lowest BCUT2D eigenvalue weighted by Gasteiger charge is -2.30. The first-order chi connectivity index (χ1) is 17.1. The van der Waals surface area contributed by atoms with E-state index in [9.17, 15) is 29.3 Å². The van der Waals surface area contributed by atoms with E-state index in [1.807, 2.05) is 0 Å². The highest BCUT2D eigenvalue weighted by atomic mass is 79.9. The second-order valence-electron chi connectivity index (χ2n) is 9.06. The summed E-state index contributed by atoms with van der Waals surface area (Å²) in [6, 6.07) is 11.7. The number of nitro benzene ring substituents is 1. The number of benzene rings is 2. The molecule has 9 nitrogen and oxygen atoms in total. The second-order valence-corrected chi connectivity index (χ2v) is 12.1. The minimum Gasteiger partial charge on any atom is -0.292 e. The Morgan fingerprint density at radius 3 is 2.08 bits per heavy atom. The number of ketones is 1. The van der Waals surface area contributed by atoms with Gasteiger partial charge in [-0.2, -0.15) is 5.01 Å². The standard InChI is InChI=1S/C24H18Br3N3O6/c25-12-7-5-11(6-8-12)17(31)10-28(22(32)13-3-1-2-4-16(13)30(35)36)29-23(33)18-14-9-15(19(18)24(29)34)21(27)20(14)26/h1-8,14-15,18-21H,9-10H2/t14-,15-,18-,19-,20-,21+/m1/s1. The van der Waals surface area contributed by atoms with Crippen LogP contribution in [0.3, 0.4) is 0 Å². The molecule has 2 aromatic rings. The van der Waals surface area contributed by atoms with Crippen molar-refractivity contribution < 1.29 is 24.1 Å². The van der Waals surface area contributed by atoms with Gasteiger partial charge in [0.2, 0.25) is 0 Å². The zero-order valence-electron chi connectivity index (χ0n) is 18.4. The van der Waals surface area contributed by atoms with Gasteiger partial charge >= 0.3 is 0 Å². The highest BCUT2D eigenvalue weighted by molar-refractivity contribution is 9.12. The number of imide groups is 1. The van der Waals surface area contributed by atoms with Crippen molar-refractivity contribution >= 4 is 77.0 Å². The molecular weight excluding hydrogens is 666 g/mol. The maximum atomic E-state index is 13.7. The van der Waals surface area contributed by atoms with Gasteiger partial charge in [0.25, 0.3) is 23.4 Å². The summed E-state index contributed by atoms with van der Waals surface area (Å²) in [6.07, 6.45) is 0.697. The van der Waals surface area contributed by atoms with Crippen molar-refractivity contribution in [2.75, 3.05) is 6.54 Å². The van der Waals surface area contributed by atoms with E-state index in [1.54, 1.807) is 24.3 Å². The van der Waals surface area contributed by atoms with E-state index in [0.29, 0.717) is 6.42 Å². The fourth-order valence-corrected chi connectivity index (χ4v) is 7.76. The Kier molecular flexibility index (Phi) is 6.63. The first kappa shape index (κ1) is 25.2. The molecule has 0 spiro atoms. The maximum Gasteiger partial charge on any atom is 0.282 e. The minimum absolute atomic E-state index is 0.00999. The largest absolute Gasteiger partial charge is 0.292 e. The number of carbonyl (C=O) groups is 4. The summed E-state index contributed by atoms with van der Waals surface area (Å²) < 4.78 is 0.744. The fourth-order valence-electron chi connectivity index (χ4n) is 5.62. The number of carbonyl (C=O) groups excluding carboxylic acids is 4. The van der Waals surface area contributed by atoms with E-state index in [4.69, 9.17) is 0 Å². The van der Waals surface area contributed by atoms with Crippen LogP contribution in [0.25, 0.3) is 0 Å². The Morgan fingerprint density at radius 2 is 1.53 bits per heavy atom. The molecule has 1 heterocycles. The lowest BCUT2D eigenvalue weighted by atomic mass is 9.81. The third kappa shape index (κ3) is 3.93. The molecule has 6 atom stereocenters. The van der Waals surface area contributed by atoms with Crippen LogP contribution < -0.4 is 0 Å². The average molecular weight is 684 g/mol. The molecule has 2 aromatic carbocycles. The van der Waals surface area contributed by atoms with Gasteiger partial charge in [0.15, 0.2) is 5.78 Å². The highest BCUT2D eigenvalue weighted by Crippen LogP contribution is 2.60. The quantitative estimate of drug-likeness (QED) is 0.147. The molecule has 2 aliphatic carbocycles. The Labute approximate surface area is 230 Å². The number of Topliss-reactive ketones (excluding diaryl/α,β-unsaturated/α-hetero) is 1. The Bertz CT molecular complexity index is 1270. The maximum absolute atomic E-state index is 13.7. The van der Waals surface area contributed by atoms with Crippen LogP contribution in [0, 0.1) is 33.8 Å². The summed E-state index contributed by atoms with van der Waals surface area (Å²) in [5.74, 6) is -4.05. The molecule has 3 aliphatic rings. The number of rotatable bonds is 6. The topological polar surface area (TPSA) is 118 Å². The predicted molar refractivity (Wildman–Crippen MR) is 138 cm³/mol. The summed E-state index contributed by atoms with van der Waals surface area (Å²) in [4.78, 5) is 65.0. The molecule has 3 fully saturated rings. The summed E-state index contributed by atoms with van der Waals surface area (Å²) in [5, 5.41) is 13.1. The number of fused-ring (bicyclic) bond motifs is 5. The molecule has 3 amide bonds. The van der Waals surface area contributed by atoms with Crippen molar-refractivity contribution in [3.8, 4) is 0 Å². The molecule has 1 aliphatic heterocycles. The lowest BCUT2D eigenvalue weighted by molar-refractivity contribution is -0.385. The molecule has 12 heteroatoms. The minimum atomic E-state index is -0.965. The van der Waals surface area contributed by atoms with Gasteiger partial charge in [0.05, 0.1) is 16.8 Å². The van der Waals surface area contributed by atoms with Crippen molar-refractivity contribution in [3.63, 3.8) is 0 Å². The number of nitrogens with zero attached hydrogens (tertiary/aromatic N) is 3. The van der Waals surface area contributed by atoms with Crippen LogP contribution in [0.1, 0.15) is 27.1 Å². The van der Waals surface area contributed by atoms with Gasteiger partial charge in [-0.25, -0.2) is 5.01 Å². The molecule has 2 bridgehead atoms. The number of para-hydroxylation sites is 1. The average Bonchev–Trinajstić information content (AvgIpc) is 3.47. The van der Waals surface area contributed by atoms with Crippen LogP contribution in [0.4, 0.5) is 5.69 Å². The van der Waals surface area contributed by atoms with Crippen molar-refractivity contribution in [3.05, 3.63) is 74.2 Å². The predicted octanol–water partition coefficient (Wildman–Crippen LogP) is 4.38. The number of nitro groups is 1. The summed E-state index contributed by atoms with van der Waals surface area (Å²) >= 11 is 10.6. The smallest absolute Gasteiger partial charge is 0.282 e. The lowest BCUT2D eigenvalue weighted by Crippen LogP contribution is -2.52. The number of amides is 3. The van der Waals surface area contributed by atoms with Gasteiger partial charge in [0, 0.05) is 25.8 Å². The first-order valence-electron chi connectivity index (χ1n) is 11.1. The molecule has 0 aromatic heterocycles. The van der Waals surface area contributed by atoms with Crippen LogP contribution in [-0.4, -0.2) is 54.6 Å². The van der Waals surface area contributed by atoms with Crippen LogP contribution in [0.2, 0.25) is 0 Å². The summed E-state index contributed by atoms with van der Waals surface area (Å²) in [7, 11) is 0. The molecule has 0 unspecified atom stereocenters. The zero-order chi connectivity index (χ0) is 25.9.